The van der Waals surface area contributed by atoms with Crippen LogP contribution >= 0.6 is 0 Å². The van der Waals surface area contributed by atoms with E-state index in [4.69, 9.17) is 5.11 Å². The first kappa shape index (κ1) is 15.5. The summed E-state index contributed by atoms with van der Waals surface area (Å²) in [5.41, 5.74) is 0. The first-order valence-corrected chi connectivity index (χ1v) is 5.94. The summed E-state index contributed by atoms with van der Waals surface area (Å²) in [6.07, 6.45) is 4.22. The van der Waals surface area contributed by atoms with Crippen molar-refractivity contribution in [2.24, 2.45) is 5.92 Å². The molecular formula is C12H22N2O3. The van der Waals surface area contributed by atoms with Crippen LogP contribution in [-0.4, -0.2) is 30.2 Å². The van der Waals surface area contributed by atoms with Gasteiger partial charge in [-0.1, -0.05) is 19.4 Å². The van der Waals surface area contributed by atoms with Crippen molar-refractivity contribution in [2.45, 2.75) is 32.6 Å². The Balaban J connectivity index is 3.64. The molecule has 0 spiro atoms. The number of carboxylic acids is 1. The van der Waals surface area contributed by atoms with E-state index in [2.05, 4.69) is 17.2 Å². The molecule has 0 aromatic carbocycles. The molecule has 0 saturated carbocycles. The van der Waals surface area contributed by atoms with Gasteiger partial charge in [0.1, 0.15) is 0 Å². The molecule has 0 fully saturated rings. The maximum absolute atomic E-state index is 11.2. The summed E-state index contributed by atoms with van der Waals surface area (Å²) in [4.78, 5) is 21.6. The topological polar surface area (TPSA) is 78.4 Å². The fraction of sp³-hybridized carbons (Fsp3) is 0.667. The molecule has 0 aliphatic rings. The Hall–Kier alpha value is -1.52. The van der Waals surface area contributed by atoms with Gasteiger partial charge < -0.3 is 15.7 Å². The zero-order chi connectivity index (χ0) is 13.1. The third-order valence-corrected chi connectivity index (χ3v) is 2.59. The van der Waals surface area contributed by atoms with Crippen LogP contribution in [0.25, 0.3) is 0 Å². The van der Waals surface area contributed by atoms with E-state index in [1.54, 1.807) is 6.08 Å². The van der Waals surface area contributed by atoms with Crippen molar-refractivity contribution in [3.8, 4) is 0 Å². The monoisotopic (exact) mass is 242 g/mol. The number of carbonyl (C=O) groups is 2. The third-order valence-electron chi connectivity index (χ3n) is 2.59. The van der Waals surface area contributed by atoms with E-state index < -0.39 is 5.97 Å². The Morgan fingerprint density at radius 3 is 2.59 bits per heavy atom. The molecular weight excluding hydrogens is 220 g/mol. The van der Waals surface area contributed by atoms with Crippen LogP contribution in [0.5, 0.6) is 0 Å². The van der Waals surface area contributed by atoms with Crippen LogP contribution in [0, 0.1) is 5.92 Å². The number of urea groups is 1. The van der Waals surface area contributed by atoms with Gasteiger partial charge in [-0.2, -0.15) is 0 Å². The lowest BCUT2D eigenvalue weighted by atomic mass is 9.97. The average molecular weight is 242 g/mol. The molecule has 0 saturated heterocycles. The van der Waals surface area contributed by atoms with Crippen molar-refractivity contribution >= 4 is 12.0 Å². The van der Waals surface area contributed by atoms with Gasteiger partial charge in [-0.05, 0) is 18.8 Å². The van der Waals surface area contributed by atoms with E-state index in [9.17, 15) is 9.59 Å². The lowest BCUT2D eigenvalue weighted by Crippen LogP contribution is -2.36. The number of carboxylic acid groups (broad SMARTS) is 1. The maximum atomic E-state index is 11.2. The van der Waals surface area contributed by atoms with Crippen LogP contribution in [0.3, 0.4) is 0 Å². The van der Waals surface area contributed by atoms with Crippen LogP contribution in [-0.2, 0) is 4.79 Å². The van der Waals surface area contributed by atoms with Crippen molar-refractivity contribution in [1.29, 1.82) is 0 Å². The molecule has 0 aromatic rings. The summed E-state index contributed by atoms with van der Waals surface area (Å²) in [5, 5.41) is 13.9. The summed E-state index contributed by atoms with van der Waals surface area (Å²) in [7, 11) is 0. The molecule has 5 nitrogen and oxygen atoms in total. The minimum atomic E-state index is -0.764. The molecule has 0 aliphatic carbocycles. The molecule has 0 aromatic heterocycles. The number of hydrogen-bond donors (Lipinski definition) is 3. The van der Waals surface area contributed by atoms with Crippen molar-refractivity contribution in [3.63, 3.8) is 0 Å². The van der Waals surface area contributed by atoms with E-state index in [0.29, 0.717) is 25.4 Å². The molecule has 1 atom stereocenters. The predicted octanol–water partition coefficient (Wildman–Crippen LogP) is 1.75. The number of nitrogens with one attached hydrogen (secondary N) is 2. The molecule has 0 radical (unpaired) electrons. The molecule has 3 N–H and O–H groups in total. The van der Waals surface area contributed by atoms with Gasteiger partial charge in [0.05, 0.1) is 0 Å². The van der Waals surface area contributed by atoms with Crippen LogP contribution in [0.1, 0.15) is 32.6 Å². The predicted molar refractivity (Wildman–Crippen MR) is 66.9 cm³/mol. The highest BCUT2D eigenvalue weighted by Crippen LogP contribution is 2.14. The molecule has 98 valence electrons. The van der Waals surface area contributed by atoms with Crippen molar-refractivity contribution in [2.75, 3.05) is 13.1 Å². The number of rotatable bonds is 9. The zero-order valence-corrected chi connectivity index (χ0v) is 10.4. The maximum Gasteiger partial charge on any atom is 0.315 e. The Morgan fingerprint density at radius 1 is 1.35 bits per heavy atom. The lowest BCUT2D eigenvalue weighted by Gasteiger charge is -2.14. The third kappa shape index (κ3) is 9.41. The first-order chi connectivity index (χ1) is 8.10. The fourth-order valence-corrected chi connectivity index (χ4v) is 1.50. The van der Waals surface area contributed by atoms with Gasteiger partial charge in [-0.25, -0.2) is 4.79 Å². The summed E-state index contributed by atoms with van der Waals surface area (Å²) in [6, 6.07) is -0.210. The molecule has 0 bridgehead atoms. The second kappa shape index (κ2) is 9.69. The van der Waals surface area contributed by atoms with Gasteiger partial charge in [0, 0.05) is 19.5 Å². The van der Waals surface area contributed by atoms with Crippen LogP contribution < -0.4 is 10.6 Å². The van der Waals surface area contributed by atoms with Gasteiger partial charge in [0.25, 0.3) is 0 Å². The van der Waals surface area contributed by atoms with E-state index >= 15 is 0 Å². The highest BCUT2D eigenvalue weighted by molar-refractivity contribution is 5.73. The van der Waals surface area contributed by atoms with Gasteiger partial charge in [0.15, 0.2) is 0 Å². The normalized spacial score (nSPS) is 11.6. The summed E-state index contributed by atoms with van der Waals surface area (Å²) < 4.78 is 0. The van der Waals surface area contributed by atoms with Gasteiger partial charge in [-0.3, -0.25) is 4.79 Å². The number of carbonyl (C=O) groups excluding carboxylic acids is 1. The van der Waals surface area contributed by atoms with E-state index in [1.807, 2.05) is 6.92 Å². The largest absolute Gasteiger partial charge is 0.481 e. The van der Waals surface area contributed by atoms with Crippen molar-refractivity contribution in [3.05, 3.63) is 12.7 Å². The first-order valence-electron chi connectivity index (χ1n) is 5.94. The molecule has 1 unspecified atom stereocenters. The van der Waals surface area contributed by atoms with E-state index in [1.165, 1.54) is 0 Å². The van der Waals surface area contributed by atoms with Gasteiger partial charge in [-0.15, -0.1) is 6.58 Å². The lowest BCUT2D eigenvalue weighted by molar-refractivity contribution is -0.137. The second-order valence-corrected chi connectivity index (χ2v) is 3.92. The SMILES string of the molecule is C=CCNC(=O)NCCC(CC)CCC(=O)O. The van der Waals surface area contributed by atoms with E-state index in [-0.39, 0.29) is 12.5 Å². The smallest absolute Gasteiger partial charge is 0.315 e. The Labute approximate surface area is 102 Å². The number of amides is 2. The minimum absolute atomic E-state index is 0.196. The van der Waals surface area contributed by atoms with Crippen LogP contribution in [0.15, 0.2) is 12.7 Å². The molecule has 0 heterocycles. The Bertz CT molecular complexity index is 254. The molecule has 2 amide bonds. The van der Waals surface area contributed by atoms with Crippen LogP contribution in [0.4, 0.5) is 4.79 Å². The summed E-state index contributed by atoms with van der Waals surface area (Å²) in [6.45, 7) is 6.55. The van der Waals surface area contributed by atoms with E-state index in [0.717, 1.165) is 12.8 Å². The van der Waals surface area contributed by atoms with Gasteiger partial charge >= 0.3 is 12.0 Å². The van der Waals surface area contributed by atoms with Crippen LogP contribution in [0.2, 0.25) is 0 Å². The molecule has 17 heavy (non-hydrogen) atoms. The standard InChI is InChI=1S/C12H22N2O3/c1-3-8-13-12(17)14-9-7-10(4-2)5-6-11(15)16/h3,10H,1,4-9H2,2H3,(H,15,16)(H2,13,14,17). The summed E-state index contributed by atoms with van der Waals surface area (Å²) in [5.74, 6) is -0.411. The molecule has 0 rings (SSSR count). The number of aliphatic carboxylic acids is 1. The van der Waals surface area contributed by atoms with Crippen molar-refractivity contribution in [1.82, 2.24) is 10.6 Å². The van der Waals surface area contributed by atoms with Gasteiger partial charge in [0.2, 0.25) is 0 Å². The van der Waals surface area contributed by atoms with Crippen molar-refractivity contribution < 1.29 is 14.7 Å². The fourth-order valence-electron chi connectivity index (χ4n) is 1.50. The number of hydrogen-bond acceptors (Lipinski definition) is 2. The quantitative estimate of drug-likeness (QED) is 0.539. The second-order valence-electron chi connectivity index (χ2n) is 3.92. The average Bonchev–Trinajstić information content (AvgIpc) is 2.30. The molecule has 5 heteroatoms. The Kier molecular flexibility index (Phi) is 8.82. The highest BCUT2D eigenvalue weighted by Gasteiger charge is 2.09. The highest BCUT2D eigenvalue weighted by atomic mass is 16.4. The Morgan fingerprint density at radius 2 is 2.06 bits per heavy atom. The summed E-state index contributed by atoms with van der Waals surface area (Å²) >= 11 is 0. The molecule has 0 aliphatic heterocycles. The zero-order valence-electron chi connectivity index (χ0n) is 10.4. The minimum Gasteiger partial charge on any atom is -0.481 e.